The number of furan rings is 1. The monoisotopic (exact) mass is 374 g/mol. The quantitative estimate of drug-likeness (QED) is 0.556. The molecule has 3 heterocycles. The lowest BCUT2D eigenvalue weighted by atomic mass is 10.00. The Kier molecular flexibility index (Phi) is 6.66. The zero-order valence-corrected chi connectivity index (χ0v) is 16.6. The van der Waals surface area contributed by atoms with Gasteiger partial charge < -0.3 is 19.4 Å². The van der Waals surface area contributed by atoms with Crippen molar-refractivity contribution in [3.8, 4) is 0 Å². The number of hydrogen-bond donors (Lipinski definition) is 1. The van der Waals surface area contributed by atoms with Crippen LogP contribution in [0.5, 0.6) is 0 Å². The molecule has 0 spiro atoms. The maximum atomic E-state index is 12.3. The van der Waals surface area contributed by atoms with E-state index in [9.17, 15) is 4.79 Å². The van der Waals surface area contributed by atoms with E-state index in [1.165, 1.54) is 38.6 Å². The topological polar surface area (TPSA) is 80.5 Å². The summed E-state index contributed by atoms with van der Waals surface area (Å²) in [6.45, 7) is 9.19. The molecule has 7 nitrogen and oxygen atoms in total. The molecule has 1 fully saturated rings. The fraction of sp³-hybridized carbons (Fsp3) is 0.650. The fourth-order valence-electron chi connectivity index (χ4n) is 3.93. The van der Waals surface area contributed by atoms with Gasteiger partial charge in [0.15, 0.2) is 0 Å². The normalized spacial score (nSPS) is 18.0. The van der Waals surface area contributed by atoms with E-state index < -0.39 is 5.97 Å². The summed E-state index contributed by atoms with van der Waals surface area (Å²) in [5.41, 5.74) is 0.826. The number of carbonyl (C=O) groups excluding carboxylic acids is 1. The minimum Gasteiger partial charge on any atom is -0.462 e. The van der Waals surface area contributed by atoms with Gasteiger partial charge in [-0.15, -0.1) is 0 Å². The lowest BCUT2D eigenvalue weighted by molar-refractivity contribution is 0.0526. The minimum absolute atomic E-state index is 0.315. The molecule has 1 aliphatic rings. The lowest BCUT2D eigenvalue weighted by Crippen LogP contribution is -2.40. The van der Waals surface area contributed by atoms with Crippen molar-refractivity contribution in [3.05, 3.63) is 17.7 Å². The molecule has 2 aromatic heterocycles. The van der Waals surface area contributed by atoms with Crippen molar-refractivity contribution in [2.75, 3.05) is 31.6 Å². The highest BCUT2D eigenvalue weighted by Crippen LogP contribution is 2.29. The number of hydrogen-bond acceptors (Lipinski definition) is 7. The summed E-state index contributed by atoms with van der Waals surface area (Å²) in [6.07, 6.45) is 7.66. The van der Waals surface area contributed by atoms with Gasteiger partial charge in [0, 0.05) is 19.1 Å². The largest absolute Gasteiger partial charge is 0.462 e. The van der Waals surface area contributed by atoms with Gasteiger partial charge in [0.1, 0.15) is 23.5 Å². The van der Waals surface area contributed by atoms with Crippen molar-refractivity contribution < 1.29 is 13.9 Å². The molecule has 1 saturated heterocycles. The van der Waals surface area contributed by atoms with E-state index in [2.05, 4.69) is 27.1 Å². The Morgan fingerprint density at radius 1 is 1.37 bits per heavy atom. The smallest absolute Gasteiger partial charge is 0.342 e. The molecule has 2 aromatic rings. The van der Waals surface area contributed by atoms with E-state index in [1.807, 2.05) is 0 Å². The molecular formula is C20H30N4O3. The first-order valence-electron chi connectivity index (χ1n) is 10.0. The van der Waals surface area contributed by atoms with Crippen LogP contribution >= 0.6 is 0 Å². The Morgan fingerprint density at radius 2 is 2.22 bits per heavy atom. The number of piperidine rings is 1. The predicted octanol–water partition coefficient (Wildman–Crippen LogP) is 3.77. The molecule has 1 aliphatic heterocycles. The zero-order valence-electron chi connectivity index (χ0n) is 16.6. The summed E-state index contributed by atoms with van der Waals surface area (Å²) >= 11 is 0. The Hall–Kier alpha value is -2.15. The zero-order chi connectivity index (χ0) is 19.2. The van der Waals surface area contributed by atoms with Crippen molar-refractivity contribution in [1.29, 1.82) is 0 Å². The second-order valence-electron chi connectivity index (χ2n) is 7.03. The van der Waals surface area contributed by atoms with Crippen LogP contribution in [-0.4, -0.2) is 53.1 Å². The SMILES string of the molecule is CCOC(=O)c1c(C)oc2ncnc(NCCCN3CCCCC3CC)c12. The molecule has 0 saturated carbocycles. The highest BCUT2D eigenvalue weighted by Gasteiger charge is 2.24. The molecule has 0 aliphatic carbocycles. The van der Waals surface area contributed by atoms with Gasteiger partial charge in [-0.05, 0) is 46.1 Å². The van der Waals surface area contributed by atoms with Crippen molar-refractivity contribution in [2.45, 2.75) is 58.9 Å². The van der Waals surface area contributed by atoms with E-state index in [0.29, 0.717) is 34.8 Å². The molecule has 1 unspecified atom stereocenters. The van der Waals surface area contributed by atoms with E-state index in [-0.39, 0.29) is 0 Å². The van der Waals surface area contributed by atoms with Gasteiger partial charge in [-0.2, -0.15) is 0 Å². The molecule has 0 radical (unpaired) electrons. The molecule has 0 bridgehead atoms. The molecule has 27 heavy (non-hydrogen) atoms. The van der Waals surface area contributed by atoms with Gasteiger partial charge in [0.2, 0.25) is 5.71 Å². The molecule has 0 aromatic carbocycles. The van der Waals surface area contributed by atoms with Gasteiger partial charge in [0.05, 0.1) is 12.0 Å². The van der Waals surface area contributed by atoms with Gasteiger partial charge in [-0.1, -0.05) is 13.3 Å². The van der Waals surface area contributed by atoms with Crippen LogP contribution in [0, 0.1) is 6.92 Å². The number of carbonyl (C=O) groups is 1. The Labute approximate surface area is 160 Å². The van der Waals surface area contributed by atoms with E-state index in [4.69, 9.17) is 9.15 Å². The van der Waals surface area contributed by atoms with Crippen LogP contribution in [-0.2, 0) is 4.74 Å². The van der Waals surface area contributed by atoms with Crippen LogP contribution in [0.25, 0.3) is 11.1 Å². The second kappa shape index (κ2) is 9.17. The highest BCUT2D eigenvalue weighted by molar-refractivity contribution is 6.07. The summed E-state index contributed by atoms with van der Waals surface area (Å²) < 4.78 is 10.8. The van der Waals surface area contributed by atoms with Gasteiger partial charge in [-0.3, -0.25) is 0 Å². The van der Waals surface area contributed by atoms with Crippen molar-refractivity contribution in [2.24, 2.45) is 0 Å². The third-order valence-electron chi connectivity index (χ3n) is 5.28. The Bertz CT molecular complexity index is 774. The maximum Gasteiger partial charge on any atom is 0.342 e. The molecule has 1 N–H and O–H groups in total. The standard InChI is InChI=1S/C20H30N4O3/c1-4-15-9-6-7-11-24(15)12-8-10-21-18-17-16(20(25)26-5-2)14(3)27-19(17)23-13-22-18/h13,15H,4-12H2,1-3H3,(H,21,22,23). The number of esters is 1. The Balaban J connectivity index is 1.67. The summed E-state index contributed by atoms with van der Waals surface area (Å²) in [5.74, 6) is 0.738. The first-order chi connectivity index (χ1) is 13.2. The summed E-state index contributed by atoms with van der Waals surface area (Å²) in [6, 6.07) is 0.719. The van der Waals surface area contributed by atoms with Crippen molar-refractivity contribution >= 4 is 22.9 Å². The number of fused-ring (bicyclic) bond motifs is 1. The number of rotatable bonds is 8. The van der Waals surface area contributed by atoms with Crippen molar-refractivity contribution in [3.63, 3.8) is 0 Å². The number of ether oxygens (including phenoxy) is 1. The average molecular weight is 374 g/mol. The summed E-state index contributed by atoms with van der Waals surface area (Å²) in [7, 11) is 0. The molecule has 1 atom stereocenters. The summed E-state index contributed by atoms with van der Waals surface area (Å²) in [5, 5.41) is 3.97. The van der Waals surface area contributed by atoms with Crippen LogP contribution in [0.1, 0.15) is 62.1 Å². The molecular weight excluding hydrogens is 344 g/mol. The van der Waals surface area contributed by atoms with E-state index in [0.717, 1.165) is 25.6 Å². The average Bonchev–Trinajstić information content (AvgIpc) is 3.02. The van der Waals surface area contributed by atoms with Crippen LogP contribution in [0.3, 0.4) is 0 Å². The summed E-state index contributed by atoms with van der Waals surface area (Å²) in [4.78, 5) is 23.4. The number of nitrogens with zero attached hydrogens (tertiary/aromatic N) is 3. The molecule has 0 amide bonds. The molecule has 7 heteroatoms. The Morgan fingerprint density at radius 3 is 3.00 bits per heavy atom. The van der Waals surface area contributed by atoms with Crippen LogP contribution < -0.4 is 5.32 Å². The van der Waals surface area contributed by atoms with Crippen LogP contribution in [0.15, 0.2) is 10.7 Å². The van der Waals surface area contributed by atoms with Crippen molar-refractivity contribution in [1.82, 2.24) is 14.9 Å². The number of aryl methyl sites for hydroxylation is 1. The number of anilines is 1. The predicted molar refractivity (Wildman–Crippen MR) is 105 cm³/mol. The minimum atomic E-state index is -0.397. The highest BCUT2D eigenvalue weighted by atomic mass is 16.5. The number of aromatic nitrogens is 2. The molecule has 148 valence electrons. The number of nitrogens with one attached hydrogen (secondary N) is 1. The first-order valence-corrected chi connectivity index (χ1v) is 10.0. The van der Waals surface area contributed by atoms with E-state index in [1.54, 1.807) is 13.8 Å². The van der Waals surface area contributed by atoms with Crippen LogP contribution in [0.4, 0.5) is 5.82 Å². The van der Waals surface area contributed by atoms with Crippen LogP contribution in [0.2, 0.25) is 0 Å². The van der Waals surface area contributed by atoms with Gasteiger partial charge in [-0.25, -0.2) is 14.8 Å². The van der Waals surface area contributed by atoms with E-state index >= 15 is 0 Å². The van der Waals surface area contributed by atoms with Gasteiger partial charge >= 0.3 is 5.97 Å². The maximum absolute atomic E-state index is 12.3. The third kappa shape index (κ3) is 4.40. The second-order valence-corrected chi connectivity index (χ2v) is 7.03. The first kappa shape index (κ1) is 19.6. The fourth-order valence-corrected chi connectivity index (χ4v) is 3.93. The van der Waals surface area contributed by atoms with Gasteiger partial charge in [0.25, 0.3) is 0 Å². The molecule has 3 rings (SSSR count). The lowest BCUT2D eigenvalue weighted by Gasteiger charge is -2.35. The third-order valence-corrected chi connectivity index (χ3v) is 5.28. The number of likely N-dealkylation sites (tertiary alicyclic amines) is 1.